The maximum atomic E-state index is 10.8. The van der Waals surface area contributed by atoms with E-state index in [0.717, 1.165) is 38.1 Å². The number of nitrogens with two attached hydrogens (primary N) is 1. The summed E-state index contributed by atoms with van der Waals surface area (Å²) in [6.45, 7) is 0.810. The van der Waals surface area contributed by atoms with E-state index in [4.69, 9.17) is 10.8 Å². The molecule has 0 aromatic carbocycles. The lowest BCUT2D eigenvalue weighted by Gasteiger charge is -2.51. The van der Waals surface area contributed by atoms with Gasteiger partial charge in [0.05, 0.1) is 5.92 Å². The van der Waals surface area contributed by atoms with Crippen LogP contribution in [0.25, 0.3) is 0 Å². The minimum absolute atomic E-state index is 0.0717. The van der Waals surface area contributed by atoms with Crippen LogP contribution in [0, 0.1) is 17.3 Å². The van der Waals surface area contributed by atoms with Gasteiger partial charge in [-0.25, -0.2) is 0 Å². The van der Waals surface area contributed by atoms with Crippen molar-refractivity contribution in [3.05, 3.63) is 0 Å². The SMILES string of the molecule is NCC1CC2(CCC(C(=O)O)CC2)C1. The first-order valence-electron chi connectivity index (χ1n) is 5.58. The third kappa shape index (κ3) is 1.65. The minimum atomic E-state index is -0.602. The van der Waals surface area contributed by atoms with Crippen LogP contribution >= 0.6 is 0 Å². The van der Waals surface area contributed by atoms with Gasteiger partial charge in [0.2, 0.25) is 0 Å². The zero-order valence-corrected chi connectivity index (χ0v) is 8.54. The van der Waals surface area contributed by atoms with E-state index in [9.17, 15) is 4.79 Å². The summed E-state index contributed by atoms with van der Waals surface area (Å²) in [6, 6.07) is 0. The van der Waals surface area contributed by atoms with Crippen molar-refractivity contribution in [3.8, 4) is 0 Å². The van der Waals surface area contributed by atoms with Crippen molar-refractivity contribution in [2.75, 3.05) is 6.54 Å². The van der Waals surface area contributed by atoms with Crippen molar-refractivity contribution >= 4 is 5.97 Å². The van der Waals surface area contributed by atoms with Crippen LogP contribution in [-0.2, 0) is 4.79 Å². The fourth-order valence-corrected chi connectivity index (χ4v) is 3.22. The van der Waals surface area contributed by atoms with E-state index in [0.29, 0.717) is 5.41 Å². The predicted octanol–water partition coefficient (Wildman–Crippen LogP) is 1.62. The van der Waals surface area contributed by atoms with Crippen LogP contribution in [0.5, 0.6) is 0 Å². The van der Waals surface area contributed by atoms with Gasteiger partial charge in [0.25, 0.3) is 0 Å². The standard InChI is InChI=1S/C11H19NO2/c12-7-8-5-11(6-8)3-1-9(2-4-11)10(13)14/h8-9H,1-7,12H2,(H,13,14). The molecular weight excluding hydrogens is 178 g/mol. The zero-order valence-electron chi connectivity index (χ0n) is 8.54. The Hall–Kier alpha value is -0.570. The van der Waals surface area contributed by atoms with E-state index >= 15 is 0 Å². The van der Waals surface area contributed by atoms with Crippen LogP contribution < -0.4 is 5.73 Å². The van der Waals surface area contributed by atoms with Crippen LogP contribution in [0.3, 0.4) is 0 Å². The molecule has 2 fully saturated rings. The van der Waals surface area contributed by atoms with Crippen LogP contribution in [0.15, 0.2) is 0 Å². The lowest BCUT2D eigenvalue weighted by Crippen LogP contribution is -2.43. The molecule has 3 heteroatoms. The molecule has 0 atom stereocenters. The van der Waals surface area contributed by atoms with Crippen molar-refractivity contribution in [2.24, 2.45) is 23.0 Å². The van der Waals surface area contributed by atoms with E-state index < -0.39 is 5.97 Å². The second kappa shape index (κ2) is 3.54. The third-order valence-corrected chi connectivity index (χ3v) is 4.17. The van der Waals surface area contributed by atoms with E-state index in [1.54, 1.807) is 0 Å². The molecular formula is C11H19NO2. The Labute approximate surface area is 84.7 Å². The Bertz CT molecular complexity index is 223. The zero-order chi connectivity index (χ0) is 10.2. The molecule has 2 saturated carbocycles. The number of rotatable bonds is 2. The van der Waals surface area contributed by atoms with Gasteiger partial charge in [0.1, 0.15) is 0 Å². The van der Waals surface area contributed by atoms with Gasteiger partial charge >= 0.3 is 5.97 Å². The van der Waals surface area contributed by atoms with E-state index in [2.05, 4.69) is 0 Å². The Morgan fingerprint density at radius 1 is 1.36 bits per heavy atom. The Morgan fingerprint density at radius 3 is 2.36 bits per heavy atom. The molecule has 0 aliphatic heterocycles. The van der Waals surface area contributed by atoms with Crippen molar-refractivity contribution in [1.82, 2.24) is 0 Å². The van der Waals surface area contributed by atoms with E-state index in [1.165, 1.54) is 12.8 Å². The fraction of sp³-hybridized carbons (Fsp3) is 0.909. The molecule has 3 nitrogen and oxygen atoms in total. The molecule has 14 heavy (non-hydrogen) atoms. The molecule has 0 aromatic rings. The minimum Gasteiger partial charge on any atom is -0.481 e. The summed E-state index contributed by atoms with van der Waals surface area (Å²) in [5.74, 6) is 0.0449. The van der Waals surface area contributed by atoms with Gasteiger partial charge in [-0.15, -0.1) is 0 Å². The van der Waals surface area contributed by atoms with Crippen molar-refractivity contribution in [2.45, 2.75) is 38.5 Å². The summed E-state index contributed by atoms with van der Waals surface area (Å²) < 4.78 is 0. The summed E-state index contributed by atoms with van der Waals surface area (Å²) in [6.07, 6.45) is 6.48. The van der Waals surface area contributed by atoms with Gasteiger partial charge in [-0.1, -0.05) is 0 Å². The average molecular weight is 197 g/mol. The summed E-state index contributed by atoms with van der Waals surface area (Å²) in [5, 5.41) is 8.88. The molecule has 3 N–H and O–H groups in total. The summed E-state index contributed by atoms with van der Waals surface area (Å²) in [4.78, 5) is 10.8. The van der Waals surface area contributed by atoms with Gasteiger partial charge in [0.15, 0.2) is 0 Å². The lowest BCUT2D eigenvalue weighted by atomic mass is 9.54. The highest BCUT2D eigenvalue weighted by Gasteiger charge is 2.46. The number of aliphatic carboxylic acids is 1. The number of carboxylic acids is 1. The molecule has 0 radical (unpaired) electrons. The Balaban J connectivity index is 1.82. The number of carbonyl (C=O) groups is 1. The number of hydrogen-bond acceptors (Lipinski definition) is 2. The first-order chi connectivity index (χ1) is 6.65. The van der Waals surface area contributed by atoms with Crippen molar-refractivity contribution in [3.63, 3.8) is 0 Å². The fourth-order valence-electron chi connectivity index (χ4n) is 3.22. The summed E-state index contributed by atoms with van der Waals surface area (Å²) in [5.41, 5.74) is 6.10. The molecule has 0 saturated heterocycles. The molecule has 2 rings (SSSR count). The van der Waals surface area contributed by atoms with E-state index in [-0.39, 0.29) is 5.92 Å². The van der Waals surface area contributed by atoms with Crippen LogP contribution in [0.4, 0.5) is 0 Å². The van der Waals surface area contributed by atoms with E-state index in [1.807, 2.05) is 0 Å². The first-order valence-corrected chi connectivity index (χ1v) is 5.58. The third-order valence-electron chi connectivity index (χ3n) is 4.17. The molecule has 2 aliphatic carbocycles. The van der Waals surface area contributed by atoms with Gasteiger partial charge in [0, 0.05) is 0 Å². The average Bonchev–Trinajstić information content (AvgIpc) is 2.14. The Kier molecular flexibility index (Phi) is 2.52. The van der Waals surface area contributed by atoms with Gasteiger partial charge in [-0.2, -0.15) is 0 Å². The second-order valence-corrected chi connectivity index (χ2v) is 5.12. The molecule has 0 amide bonds. The highest BCUT2D eigenvalue weighted by molar-refractivity contribution is 5.70. The summed E-state index contributed by atoms with van der Waals surface area (Å²) in [7, 11) is 0. The van der Waals surface area contributed by atoms with Crippen molar-refractivity contribution in [1.29, 1.82) is 0 Å². The molecule has 1 spiro atoms. The maximum Gasteiger partial charge on any atom is 0.306 e. The quantitative estimate of drug-likeness (QED) is 0.707. The monoisotopic (exact) mass is 197 g/mol. The van der Waals surface area contributed by atoms with Crippen LogP contribution in [0.2, 0.25) is 0 Å². The lowest BCUT2D eigenvalue weighted by molar-refractivity contribution is -0.144. The second-order valence-electron chi connectivity index (χ2n) is 5.12. The largest absolute Gasteiger partial charge is 0.481 e. The number of hydrogen-bond donors (Lipinski definition) is 2. The van der Waals surface area contributed by atoms with Gasteiger partial charge in [-0.3, -0.25) is 4.79 Å². The predicted molar refractivity (Wildman–Crippen MR) is 53.8 cm³/mol. The maximum absolute atomic E-state index is 10.8. The van der Waals surface area contributed by atoms with Crippen molar-refractivity contribution < 1.29 is 9.90 Å². The van der Waals surface area contributed by atoms with Crippen LogP contribution in [0.1, 0.15) is 38.5 Å². The highest BCUT2D eigenvalue weighted by Crippen LogP contribution is 2.55. The molecule has 0 aromatic heterocycles. The van der Waals surface area contributed by atoms with Crippen LogP contribution in [-0.4, -0.2) is 17.6 Å². The van der Waals surface area contributed by atoms with Gasteiger partial charge < -0.3 is 10.8 Å². The number of carboxylic acid groups (broad SMARTS) is 1. The molecule has 0 heterocycles. The highest BCUT2D eigenvalue weighted by atomic mass is 16.4. The summed E-state index contributed by atoms with van der Waals surface area (Å²) >= 11 is 0. The molecule has 0 bridgehead atoms. The Morgan fingerprint density at radius 2 is 1.93 bits per heavy atom. The topological polar surface area (TPSA) is 63.3 Å². The smallest absolute Gasteiger partial charge is 0.306 e. The normalized spacial score (nSPS) is 42.1. The molecule has 0 unspecified atom stereocenters. The molecule has 80 valence electrons. The molecule has 2 aliphatic rings. The van der Waals surface area contributed by atoms with Gasteiger partial charge in [-0.05, 0) is 56.4 Å². The first kappa shape index (κ1) is 9.97.